The summed E-state index contributed by atoms with van der Waals surface area (Å²) in [5, 5.41) is 0. The van der Waals surface area contributed by atoms with Crippen LogP contribution in [-0.4, -0.2) is 26.9 Å². The summed E-state index contributed by atoms with van der Waals surface area (Å²) in [6, 6.07) is 14.8. The SMILES string of the molecule is C=CCCOc1cc(OCCOC)cc(-c2ccc(C3CCC(CCC=C(F)F)CC3)cc2)c1. The van der Waals surface area contributed by atoms with Crippen LogP contribution >= 0.6 is 0 Å². The van der Waals surface area contributed by atoms with Gasteiger partial charge in [-0.15, -0.1) is 6.58 Å². The molecule has 5 heteroatoms. The number of hydrogen-bond acceptors (Lipinski definition) is 3. The summed E-state index contributed by atoms with van der Waals surface area (Å²) < 4.78 is 41.3. The second-order valence-corrected chi connectivity index (χ2v) is 8.87. The fraction of sp³-hybridized carbons (Fsp3) is 0.448. The third kappa shape index (κ3) is 8.28. The zero-order chi connectivity index (χ0) is 24.2. The molecule has 34 heavy (non-hydrogen) atoms. The van der Waals surface area contributed by atoms with E-state index in [9.17, 15) is 8.78 Å². The molecular weight excluding hydrogens is 434 g/mol. The highest BCUT2D eigenvalue weighted by Gasteiger charge is 2.22. The molecule has 0 aromatic heterocycles. The van der Waals surface area contributed by atoms with E-state index < -0.39 is 6.08 Å². The van der Waals surface area contributed by atoms with Crippen molar-refractivity contribution in [3.05, 3.63) is 72.8 Å². The number of benzene rings is 2. The molecule has 3 rings (SSSR count). The van der Waals surface area contributed by atoms with Crippen LogP contribution in [0.2, 0.25) is 0 Å². The molecule has 0 bridgehead atoms. The van der Waals surface area contributed by atoms with E-state index in [4.69, 9.17) is 14.2 Å². The summed E-state index contributed by atoms with van der Waals surface area (Å²) in [6.07, 6.45) is 7.93. The van der Waals surface area contributed by atoms with Crippen molar-refractivity contribution >= 4 is 0 Å². The Labute approximate surface area is 202 Å². The maximum absolute atomic E-state index is 12.2. The van der Waals surface area contributed by atoms with Crippen LogP contribution in [0.1, 0.15) is 56.4 Å². The predicted octanol–water partition coefficient (Wildman–Crippen LogP) is 8.17. The molecule has 0 N–H and O–H groups in total. The van der Waals surface area contributed by atoms with Crippen molar-refractivity contribution in [3.8, 4) is 22.6 Å². The van der Waals surface area contributed by atoms with Gasteiger partial charge in [-0.05, 0) is 91.7 Å². The first-order chi connectivity index (χ1) is 16.6. The van der Waals surface area contributed by atoms with E-state index in [1.807, 2.05) is 24.3 Å². The number of hydrogen-bond donors (Lipinski definition) is 0. The molecule has 2 aromatic rings. The molecule has 0 atom stereocenters. The van der Waals surface area contributed by atoms with Crippen molar-refractivity contribution in [3.63, 3.8) is 0 Å². The lowest BCUT2D eigenvalue weighted by Gasteiger charge is -2.28. The lowest BCUT2D eigenvalue weighted by Crippen LogP contribution is -2.13. The van der Waals surface area contributed by atoms with Crippen LogP contribution in [0.15, 0.2) is 67.3 Å². The highest BCUT2D eigenvalue weighted by Crippen LogP contribution is 2.38. The van der Waals surface area contributed by atoms with Crippen molar-refractivity contribution in [1.82, 2.24) is 0 Å². The fourth-order valence-corrected chi connectivity index (χ4v) is 4.57. The molecule has 0 amide bonds. The Bertz CT molecular complexity index is 911. The van der Waals surface area contributed by atoms with Crippen LogP contribution in [0, 0.1) is 5.92 Å². The summed E-state index contributed by atoms with van der Waals surface area (Å²) in [5.41, 5.74) is 3.52. The molecule has 0 heterocycles. The van der Waals surface area contributed by atoms with Gasteiger partial charge in [-0.25, -0.2) is 0 Å². The quantitative estimate of drug-likeness (QED) is 0.218. The summed E-state index contributed by atoms with van der Waals surface area (Å²) >= 11 is 0. The molecule has 0 spiro atoms. The van der Waals surface area contributed by atoms with Gasteiger partial charge in [0.25, 0.3) is 6.08 Å². The lowest BCUT2D eigenvalue weighted by atomic mass is 9.77. The fourth-order valence-electron chi connectivity index (χ4n) is 4.57. The van der Waals surface area contributed by atoms with Crippen LogP contribution in [-0.2, 0) is 4.74 Å². The Morgan fingerprint density at radius 1 is 0.882 bits per heavy atom. The molecule has 2 aromatic carbocycles. The van der Waals surface area contributed by atoms with Crippen molar-refractivity contribution in [2.75, 3.05) is 26.9 Å². The first kappa shape index (κ1) is 26.0. The maximum atomic E-state index is 12.2. The van der Waals surface area contributed by atoms with E-state index in [1.165, 1.54) is 5.56 Å². The summed E-state index contributed by atoms with van der Waals surface area (Å²) in [6.45, 7) is 5.32. The highest BCUT2D eigenvalue weighted by molar-refractivity contribution is 5.67. The normalized spacial score (nSPS) is 17.7. The van der Waals surface area contributed by atoms with Crippen LogP contribution < -0.4 is 9.47 Å². The lowest BCUT2D eigenvalue weighted by molar-refractivity contribution is 0.146. The van der Waals surface area contributed by atoms with Gasteiger partial charge in [0.05, 0.1) is 13.2 Å². The largest absolute Gasteiger partial charge is 0.493 e. The highest BCUT2D eigenvalue weighted by atomic mass is 19.3. The number of rotatable bonds is 13. The minimum absolute atomic E-state index is 0.479. The number of halogens is 2. The maximum Gasteiger partial charge on any atom is 0.266 e. The summed E-state index contributed by atoms with van der Waals surface area (Å²) in [4.78, 5) is 0. The minimum Gasteiger partial charge on any atom is -0.493 e. The smallest absolute Gasteiger partial charge is 0.266 e. The van der Waals surface area contributed by atoms with Crippen molar-refractivity contribution in [1.29, 1.82) is 0 Å². The van der Waals surface area contributed by atoms with Crippen LogP contribution in [0.25, 0.3) is 11.1 Å². The Hall–Kier alpha value is -2.66. The molecule has 1 aliphatic rings. The van der Waals surface area contributed by atoms with Gasteiger partial charge in [0.1, 0.15) is 18.1 Å². The third-order valence-electron chi connectivity index (χ3n) is 6.46. The Balaban J connectivity index is 1.64. The molecule has 184 valence electrons. The summed E-state index contributed by atoms with van der Waals surface area (Å²) in [7, 11) is 1.66. The van der Waals surface area contributed by atoms with Crippen molar-refractivity contribution < 1.29 is 23.0 Å². The molecule has 3 nitrogen and oxygen atoms in total. The van der Waals surface area contributed by atoms with E-state index in [0.717, 1.165) is 67.2 Å². The topological polar surface area (TPSA) is 27.7 Å². The Morgan fingerprint density at radius 3 is 2.18 bits per heavy atom. The predicted molar refractivity (Wildman–Crippen MR) is 134 cm³/mol. The Morgan fingerprint density at radius 2 is 1.56 bits per heavy atom. The number of ether oxygens (including phenoxy) is 3. The van der Waals surface area contributed by atoms with E-state index in [2.05, 4.69) is 30.8 Å². The van der Waals surface area contributed by atoms with Gasteiger partial charge in [0, 0.05) is 13.2 Å². The van der Waals surface area contributed by atoms with Gasteiger partial charge in [0.2, 0.25) is 0 Å². The molecule has 0 radical (unpaired) electrons. The molecule has 0 aliphatic heterocycles. The average molecular weight is 471 g/mol. The van der Waals surface area contributed by atoms with Gasteiger partial charge in [-0.3, -0.25) is 0 Å². The van der Waals surface area contributed by atoms with Crippen molar-refractivity contribution in [2.45, 2.75) is 50.9 Å². The minimum atomic E-state index is -1.56. The van der Waals surface area contributed by atoms with Gasteiger partial charge in [-0.2, -0.15) is 8.78 Å². The second kappa shape index (κ2) is 13.9. The van der Waals surface area contributed by atoms with E-state index >= 15 is 0 Å². The van der Waals surface area contributed by atoms with Crippen LogP contribution in [0.5, 0.6) is 11.5 Å². The zero-order valence-corrected chi connectivity index (χ0v) is 20.1. The van der Waals surface area contributed by atoms with E-state index in [1.54, 1.807) is 7.11 Å². The first-order valence-corrected chi connectivity index (χ1v) is 12.2. The molecule has 0 saturated heterocycles. The van der Waals surface area contributed by atoms with Gasteiger partial charge < -0.3 is 14.2 Å². The third-order valence-corrected chi connectivity index (χ3v) is 6.46. The van der Waals surface area contributed by atoms with E-state index in [-0.39, 0.29) is 0 Å². The molecule has 1 saturated carbocycles. The van der Waals surface area contributed by atoms with Gasteiger partial charge >= 0.3 is 0 Å². The average Bonchev–Trinajstić information content (AvgIpc) is 2.85. The summed E-state index contributed by atoms with van der Waals surface area (Å²) in [5.74, 6) is 2.64. The van der Waals surface area contributed by atoms with Gasteiger partial charge in [0.15, 0.2) is 0 Å². The molecule has 1 fully saturated rings. The van der Waals surface area contributed by atoms with E-state index in [0.29, 0.717) is 38.1 Å². The van der Waals surface area contributed by atoms with Gasteiger partial charge in [-0.1, -0.05) is 30.3 Å². The number of methoxy groups -OCH3 is 1. The first-order valence-electron chi connectivity index (χ1n) is 12.2. The standard InChI is InChI=1S/C29H36F2O3/c1-3-4-16-33-27-19-26(20-28(21-27)34-18-17-32-2)25-14-12-24(13-15-25)23-10-8-22(9-11-23)6-5-7-29(30)31/h3,7,12-15,19-23H,1,4-6,8-11,16-18H2,2H3. The Kier molecular flexibility index (Phi) is 10.6. The van der Waals surface area contributed by atoms with Crippen molar-refractivity contribution in [2.24, 2.45) is 5.92 Å². The molecule has 1 aliphatic carbocycles. The second-order valence-electron chi connectivity index (χ2n) is 8.87. The monoisotopic (exact) mass is 470 g/mol. The van der Waals surface area contributed by atoms with Crippen LogP contribution in [0.4, 0.5) is 8.78 Å². The molecular formula is C29H36F2O3. The molecule has 0 unspecified atom stereocenters. The van der Waals surface area contributed by atoms with Crippen LogP contribution in [0.3, 0.4) is 0 Å². The number of allylic oxidation sites excluding steroid dienone is 1. The zero-order valence-electron chi connectivity index (χ0n) is 20.1.